The van der Waals surface area contributed by atoms with E-state index in [4.69, 9.17) is 17.3 Å². The quantitative estimate of drug-likeness (QED) is 0.842. The Balaban J connectivity index is 2.26. The van der Waals surface area contributed by atoms with E-state index < -0.39 is 10.8 Å². The van der Waals surface area contributed by atoms with Crippen molar-refractivity contribution < 1.29 is 4.21 Å². The van der Waals surface area contributed by atoms with Crippen molar-refractivity contribution in [1.29, 1.82) is 0 Å². The summed E-state index contributed by atoms with van der Waals surface area (Å²) in [4.78, 5) is 0. The molecular weight excluding hydrogens is 286 g/mol. The smallest absolute Gasteiger partial charge is 0.184 e. The van der Waals surface area contributed by atoms with E-state index >= 15 is 0 Å². The van der Waals surface area contributed by atoms with Crippen molar-refractivity contribution in [1.82, 2.24) is 20.2 Å². The Morgan fingerprint density at radius 2 is 2.26 bits per heavy atom. The van der Waals surface area contributed by atoms with Crippen molar-refractivity contribution in [3.05, 3.63) is 23.2 Å². The summed E-state index contributed by atoms with van der Waals surface area (Å²) < 4.78 is 13.1. The van der Waals surface area contributed by atoms with Crippen molar-refractivity contribution in [3.63, 3.8) is 0 Å². The van der Waals surface area contributed by atoms with Crippen LogP contribution in [0.2, 0.25) is 5.02 Å². The van der Waals surface area contributed by atoms with E-state index in [1.54, 1.807) is 22.9 Å². The fourth-order valence-electron chi connectivity index (χ4n) is 1.62. The van der Waals surface area contributed by atoms with Gasteiger partial charge in [-0.15, -0.1) is 5.10 Å². The van der Waals surface area contributed by atoms with Crippen molar-refractivity contribution in [2.75, 3.05) is 17.2 Å². The van der Waals surface area contributed by atoms with Crippen molar-refractivity contribution in [2.45, 2.75) is 13.5 Å². The summed E-state index contributed by atoms with van der Waals surface area (Å²) in [5.41, 5.74) is 7.14. The summed E-state index contributed by atoms with van der Waals surface area (Å²) in [5, 5.41) is 12.1. The van der Waals surface area contributed by atoms with Gasteiger partial charge in [-0.2, -0.15) is 0 Å². The fourth-order valence-corrected chi connectivity index (χ4v) is 2.46. The van der Waals surface area contributed by atoms with Crippen LogP contribution in [-0.4, -0.2) is 35.9 Å². The van der Waals surface area contributed by atoms with Gasteiger partial charge in [0.05, 0.1) is 6.54 Å². The maximum Gasteiger partial charge on any atom is 0.184 e. The van der Waals surface area contributed by atoms with Crippen LogP contribution in [0.25, 0.3) is 11.4 Å². The van der Waals surface area contributed by atoms with Crippen LogP contribution in [0.4, 0.5) is 5.69 Å². The average molecular weight is 300 g/mol. The lowest BCUT2D eigenvalue weighted by Gasteiger charge is -2.06. The maximum absolute atomic E-state index is 11.5. The Morgan fingerprint density at radius 1 is 1.47 bits per heavy atom. The van der Waals surface area contributed by atoms with E-state index in [0.717, 1.165) is 5.56 Å². The molecular formula is C11H14ClN5OS. The van der Waals surface area contributed by atoms with Gasteiger partial charge in [0.1, 0.15) is 0 Å². The predicted octanol–water partition coefficient (Wildman–Crippen LogP) is 1.34. The van der Waals surface area contributed by atoms with Gasteiger partial charge in [-0.25, -0.2) is 4.68 Å². The number of aromatic nitrogens is 4. The van der Waals surface area contributed by atoms with E-state index in [0.29, 0.717) is 34.6 Å². The molecule has 19 heavy (non-hydrogen) atoms. The lowest BCUT2D eigenvalue weighted by molar-refractivity contribution is 0.624. The third-order valence-corrected chi connectivity index (χ3v) is 4.16. The van der Waals surface area contributed by atoms with E-state index in [9.17, 15) is 4.21 Å². The molecule has 102 valence electrons. The Kier molecular flexibility index (Phi) is 4.49. The molecule has 6 nitrogen and oxygen atoms in total. The summed E-state index contributed by atoms with van der Waals surface area (Å²) in [5.74, 6) is 1.70. The molecule has 0 aliphatic carbocycles. The predicted molar refractivity (Wildman–Crippen MR) is 76.2 cm³/mol. The molecule has 2 rings (SSSR count). The fraction of sp³-hybridized carbons (Fsp3) is 0.364. The molecule has 1 unspecified atom stereocenters. The van der Waals surface area contributed by atoms with Gasteiger partial charge in [-0.3, -0.25) is 4.21 Å². The molecule has 1 heterocycles. The van der Waals surface area contributed by atoms with Crippen LogP contribution < -0.4 is 5.73 Å². The Morgan fingerprint density at radius 3 is 2.95 bits per heavy atom. The second kappa shape index (κ2) is 6.12. The van der Waals surface area contributed by atoms with Gasteiger partial charge < -0.3 is 5.73 Å². The van der Waals surface area contributed by atoms with Crippen LogP contribution in [0.3, 0.4) is 0 Å². The van der Waals surface area contributed by atoms with E-state index in [1.807, 2.05) is 6.92 Å². The Bertz CT molecular complexity index is 601. The highest BCUT2D eigenvalue weighted by Gasteiger charge is 2.12. The number of aryl methyl sites for hydroxylation is 1. The number of nitrogens with two attached hydrogens (primary N) is 1. The molecule has 0 fully saturated rings. The minimum atomic E-state index is -0.854. The minimum Gasteiger partial charge on any atom is -0.398 e. The van der Waals surface area contributed by atoms with Crippen LogP contribution in [-0.2, 0) is 17.3 Å². The molecule has 1 aromatic heterocycles. The second-order valence-electron chi connectivity index (χ2n) is 3.89. The van der Waals surface area contributed by atoms with Crippen LogP contribution >= 0.6 is 11.6 Å². The molecule has 0 amide bonds. The van der Waals surface area contributed by atoms with Crippen LogP contribution in [0, 0.1) is 0 Å². The first kappa shape index (κ1) is 14.0. The Hall–Kier alpha value is -1.47. The number of nitrogen functional groups attached to an aromatic ring is 1. The van der Waals surface area contributed by atoms with Crippen molar-refractivity contribution >= 4 is 28.1 Å². The van der Waals surface area contributed by atoms with Gasteiger partial charge in [0.2, 0.25) is 0 Å². The third-order valence-electron chi connectivity index (χ3n) is 2.64. The first-order valence-corrected chi connectivity index (χ1v) is 7.65. The third kappa shape index (κ3) is 3.30. The topological polar surface area (TPSA) is 86.7 Å². The molecule has 1 aromatic carbocycles. The number of anilines is 1. The van der Waals surface area contributed by atoms with E-state index in [-0.39, 0.29) is 0 Å². The molecule has 1 atom stereocenters. The number of nitrogens with zero attached hydrogens (tertiary/aromatic N) is 4. The minimum absolute atomic E-state index is 0.491. The standard InChI is InChI=1S/C11H14ClN5OS/c1-2-19(18)6-5-17-11(14-15-16-17)9-4-3-8(12)7-10(9)13/h3-4,7H,2,5-6,13H2,1H3. The van der Waals surface area contributed by atoms with Gasteiger partial charge >= 0.3 is 0 Å². The molecule has 8 heteroatoms. The number of hydrogen-bond acceptors (Lipinski definition) is 5. The summed E-state index contributed by atoms with van der Waals surface area (Å²) in [6.45, 7) is 2.37. The number of rotatable bonds is 5. The Labute approximate surface area is 118 Å². The monoisotopic (exact) mass is 299 g/mol. The van der Waals surface area contributed by atoms with Crippen LogP contribution in [0.5, 0.6) is 0 Å². The molecule has 0 aliphatic heterocycles. The highest BCUT2D eigenvalue weighted by molar-refractivity contribution is 7.84. The van der Waals surface area contributed by atoms with Gasteiger partial charge in [0.15, 0.2) is 5.82 Å². The first-order chi connectivity index (χ1) is 9.11. The lowest BCUT2D eigenvalue weighted by Crippen LogP contribution is -2.11. The van der Waals surface area contributed by atoms with Crippen LogP contribution in [0.1, 0.15) is 6.92 Å². The molecule has 0 saturated carbocycles. The number of benzene rings is 1. The zero-order chi connectivity index (χ0) is 13.8. The van der Waals surface area contributed by atoms with E-state index in [2.05, 4.69) is 15.5 Å². The van der Waals surface area contributed by atoms with Gasteiger partial charge in [-0.1, -0.05) is 18.5 Å². The average Bonchev–Trinajstić information content (AvgIpc) is 2.84. The zero-order valence-corrected chi connectivity index (χ0v) is 12.0. The van der Waals surface area contributed by atoms with Crippen molar-refractivity contribution in [3.8, 4) is 11.4 Å². The lowest BCUT2D eigenvalue weighted by atomic mass is 10.1. The summed E-state index contributed by atoms with van der Waals surface area (Å²) in [6.07, 6.45) is 0. The van der Waals surface area contributed by atoms with Gasteiger partial charge in [0.25, 0.3) is 0 Å². The molecule has 0 aliphatic rings. The highest BCUT2D eigenvalue weighted by atomic mass is 35.5. The van der Waals surface area contributed by atoms with Gasteiger partial charge in [-0.05, 0) is 28.6 Å². The first-order valence-electron chi connectivity index (χ1n) is 5.78. The zero-order valence-electron chi connectivity index (χ0n) is 10.4. The highest BCUT2D eigenvalue weighted by Crippen LogP contribution is 2.26. The van der Waals surface area contributed by atoms with Crippen LogP contribution in [0.15, 0.2) is 18.2 Å². The summed E-state index contributed by atoms with van der Waals surface area (Å²) >= 11 is 5.86. The van der Waals surface area contributed by atoms with E-state index in [1.165, 1.54) is 0 Å². The molecule has 0 saturated heterocycles. The molecule has 2 aromatic rings. The molecule has 0 radical (unpaired) electrons. The van der Waals surface area contributed by atoms with Gasteiger partial charge in [0, 0.05) is 38.6 Å². The number of halogens is 1. The SMILES string of the molecule is CCS(=O)CCn1nnnc1-c1ccc(Cl)cc1N. The maximum atomic E-state index is 11.5. The number of hydrogen-bond donors (Lipinski definition) is 1. The molecule has 2 N–H and O–H groups in total. The number of tetrazole rings is 1. The molecule has 0 bridgehead atoms. The second-order valence-corrected chi connectivity index (χ2v) is 6.19. The normalized spacial score (nSPS) is 12.5. The van der Waals surface area contributed by atoms with Crippen molar-refractivity contribution in [2.24, 2.45) is 0 Å². The largest absolute Gasteiger partial charge is 0.398 e. The summed E-state index contributed by atoms with van der Waals surface area (Å²) in [7, 11) is -0.854. The molecule has 0 spiro atoms. The summed E-state index contributed by atoms with van der Waals surface area (Å²) in [6, 6.07) is 5.16.